The summed E-state index contributed by atoms with van der Waals surface area (Å²) < 4.78 is 0. The largest absolute Gasteiger partial charge is 0.390 e. The van der Waals surface area contributed by atoms with Crippen LogP contribution < -0.4 is 10.6 Å². The summed E-state index contributed by atoms with van der Waals surface area (Å²) in [6, 6.07) is 5.66. The van der Waals surface area contributed by atoms with Gasteiger partial charge in [-0.25, -0.2) is 4.98 Å². The number of pyridine rings is 1. The third-order valence-electron chi connectivity index (χ3n) is 1.80. The molecule has 4 nitrogen and oxygen atoms in total. The Morgan fingerprint density at radius 3 is 2.92 bits per heavy atom. The number of aromatic nitrogens is 1. The quantitative estimate of drug-likeness (QED) is 0.677. The van der Waals surface area contributed by atoms with Gasteiger partial charge in [-0.3, -0.25) is 0 Å². The Bertz CT molecular complexity index is 240. The summed E-state index contributed by atoms with van der Waals surface area (Å²) in [5.74, 6) is 0.843. The smallest absolute Gasteiger partial charge is 0.128 e. The highest BCUT2D eigenvalue weighted by Crippen LogP contribution is 2.06. The van der Waals surface area contributed by atoms with E-state index in [9.17, 15) is 5.11 Å². The molecule has 1 aromatic heterocycles. The molecule has 4 heteroatoms. The van der Waals surface area contributed by atoms with Gasteiger partial charge in [-0.05, 0) is 12.1 Å². The molecule has 3 N–H and O–H groups in total. The van der Waals surface area contributed by atoms with Gasteiger partial charge in [0.15, 0.2) is 0 Å². The molecule has 0 aromatic carbocycles. The monoisotopic (exact) mass is 181 g/mol. The Morgan fingerprint density at radius 2 is 2.38 bits per heavy atom. The molecule has 0 aliphatic rings. The summed E-state index contributed by atoms with van der Waals surface area (Å²) in [7, 11) is 1.88. The summed E-state index contributed by atoms with van der Waals surface area (Å²) in [6.45, 7) is 0.782. The van der Waals surface area contributed by atoms with E-state index in [1.165, 1.54) is 0 Å². The molecule has 0 aliphatic heterocycles. The fraction of sp³-hybridized carbons (Fsp3) is 0.444. The number of hydrogen-bond donors (Lipinski definition) is 2. The Hall–Kier alpha value is -1.13. The zero-order chi connectivity index (χ0) is 9.68. The number of anilines is 1. The molecule has 1 atom stereocenters. The Morgan fingerprint density at radius 1 is 1.62 bits per heavy atom. The number of hydrogen-bond acceptors (Lipinski definition) is 4. The van der Waals surface area contributed by atoms with Crippen molar-refractivity contribution in [3.63, 3.8) is 0 Å². The van der Waals surface area contributed by atoms with E-state index in [0.717, 1.165) is 5.82 Å². The molecular formula is C9H15N3O. The molecule has 0 saturated carbocycles. The van der Waals surface area contributed by atoms with Crippen molar-refractivity contribution in [3.05, 3.63) is 24.4 Å². The van der Waals surface area contributed by atoms with Gasteiger partial charge in [0.2, 0.25) is 0 Å². The maximum absolute atomic E-state index is 9.30. The highest BCUT2D eigenvalue weighted by Gasteiger charge is 2.06. The van der Waals surface area contributed by atoms with E-state index < -0.39 is 6.10 Å². The number of rotatable bonds is 4. The molecule has 0 amide bonds. The van der Waals surface area contributed by atoms with Crippen LogP contribution in [0.2, 0.25) is 0 Å². The van der Waals surface area contributed by atoms with Crippen LogP contribution in [0.5, 0.6) is 0 Å². The summed E-state index contributed by atoms with van der Waals surface area (Å²) in [4.78, 5) is 6.01. The first-order valence-electron chi connectivity index (χ1n) is 4.24. The van der Waals surface area contributed by atoms with Gasteiger partial charge in [-0.2, -0.15) is 0 Å². The van der Waals surface area contributed by atoms with Gasteiger partial charge in [0.25, 0.3) is 0 Å². The van der Waals surface area contributed by atoms with Crippen molar-refractivity contribution in [1.29, 1.82) is 0 Å². The van der Waals surface area contributed by atoms with E-state index in [1.54, 1.807) is 6.20 Å². The van der Waals surface area contributed by atoms with E-state index in [1.807, 2.05) is 30.1 Å². The molecule has 1 aromatic rings. The van der Waals surface area contributed by atoms with Crippen LogP contribution in [-0.4, -0.2) is 36.3 Å². The van der Waals surface area contributed by atoms with Gasteiger partial charge in [0.1, 0.15) is 5.82 Å². The number of aliphatic hydroxyl groups is 1. The molecule has 72 valence electrons. The lowest BCUT2D eigenvalue weighted by molar-refractivity contribution is 0.189. The van der Waals surface area contributed by atoms with Gasteiger partial charge in [0.05, 0.1) is 6.10 Å². The summed E-state index contributed by atoms with van der Waals surface area (Å²) >= 11 is 0. The average molecular weight is 181 g/mol. The molecule has 1 unspecified atom stereocenters. The normalized spacial score (nSPS) is 12.5. The van der Waals surface area contributed by atoms with Gasteiger partial charge >= 0.3 is 0 Å². The van der Waals surface area contributed by atoms with E-state index in [2.05, 4.69) is 4.98 Å². The summed E-state index contributed by atoms with van der Waals surface area (Å²) in [5, 5.41) is 9.30. The molecule has 13 heavy (non-hydrogen) atoms. The zero-order valence-electron chi connectivity index (χ0n) is 7.72. The van der Waals surface area contributed by atoms with Gasteiger partial charge in [-0.1, -0.05) is 6.07 Å². The van der Waals surface area contributed by atoms with Gasteiger partial charge in [-0.15, -0.1) is 0 Å². The number of nitrogens with zero attached hydrogens (tertiary/aromatic N) is 2. The third kappa shape index (κ3) is 3.01. The second-order valence-corrected chi connectivity index (χ2v) is 2.96. The lowest BCUT2D eigenvalue weighted by Gasteiger charge is -2.20. The SMILES string of the molecule is CN(CC(O)CN)c1ccccn1. The van der Waals surface area contributed by atoms with E-state index in [0.29, 0.717) is 6.54 Å². The van der Waals surface area contributed by atoms with Crippen LogP contribution in [-0.2, 0) is 0 Å². The standard InChI is InChI=1S/C9H15N3O/c1-12(7-8(13)6-10)9-4-2-3-5-11-9/h2-5,8,13H,6-7,10H2,1H3. The molecule has 1 rings (SSSR count). The second kappa shape index (κ2) is 4.79. The molecule has 0 bridgehead atoms. The second-order valence-electron chi connectivity index (χ2n) is 2.96. The predicted octanol–water partition coefficient (Wildman–Crippen LogP) is -0.163. The van der Waals surface area contributed by atoms with Crippen LogP contribution in [0.1, 0.15) is 0 Å². The number of likely N-dealkylation sites (N-methyl/N-ethyl adjacent to an activating group) is 1. The van der Waals surface area contributed by atoms with Crippen molar-refractivity contribution in [3.8, 4) is 0 Å². The van der Waals surface area contributed by atoms with Crippen molar-refractivity contribution < 1.29 is 5.11 Å². The minimum atomic E-state index is -0.494. The molecule has 0 saturated heterocycles. The maximum Gasteiger partial charge on any atom is 0.128 e. The molecule has 0 spiro atoms. The fourth-order valence-electron chi connectivity index (χ4n) is 1.06. The zero-order valence-corrected chi connectivity index (χ0v) is 7.72. The van der Waals surface area contributed by atoms with Crippen molar-refractivity contribution >= 4 is 5.82 Å². The first-order chi connectivity index (χ1) is 6.24. The minimum Gasteiger partial charge on any atom is -0.390 e. The van der Waals surface area contributed by atoms with Crippen molar-refractivity contribution in [2.75, 3.05) is 25.0 Å². The molecule has 0 fully saturated rings. The van der Waals surface area contributed by atoms with Crippen LogP contribution in [0, 0.1) is 0 Å². The van der Waals surface area contributed by atoms with Crippen molar-refractivity contribution in [2.24, 2.45) is 5.73 Å². The molecular weight excluding hydrogens is 166 g/mol. The molecule has 0 aliphatic carbocycles. The summed E-state index contributed by atoms with van der Waals surface area (Å²) in [6.07, 6.45) is 1.23. The number of nitrogens with two attached hydrogens (primary N) is 1. The molecule has 1 heterocycles. The first-order valence-corrected chi connectivity index (χ1v) is 4.24. The summed E-state index contributed by atoms with van der Waals surface area (Å²) in [5.41, 5.74) is 5.30. The van der Waals surface area contributed by atoms with E-state index in [-0.39, 0.29) is 6.54 Å². The highest BCUT2D eigenvalue weighted by atomic mass is 16.3. The predicted molar refractivity (Wildman–Crippen MR) is 52.6 cm³/mol. The fourth-order valence-corrected chi connectivity index (χ4v) is 1.06. The Labute approximate surface area is 78.0 Å². The third-order valence-corrected chi connectivity index (χ3v) is 1.80. The first kappa shape index (κ1) is 9.95. The van der Waals surface area contributed by atoms with E-state index >= 15 is 0 Å². The highest BCUT2D eigenvalue weighted by molar-refractivity contribution is 5.36. The Balaban J connectivity index is 2.53. The van der Waals surface area contributed by atoms with Crippen molar-refractivity contribution in [1.82, 2.24) is 4.98 Å². The molecule has 0 radical (unpaired) electrons. The van der Waals surface area contributed by atoms with Crippen LogP contribution in [0.4, 0.5) is 5.82 Å². The van der Waals surface area contributed by atoms with Crippen LogP contribution in [0.25, 0.3) is 0 Å². The van der Waals surface area contributed by atoms with E-state index in [4.69, 9.17) is 5.73 Å². The number of aliphatic hydroxyl groups excluding tert-OH is 1. The lowest BCUT2D eigenvalue weighted by Crippen LogP contribution is -2.34. The lowest BCUT2D eigenvalue weighted by atomic mass is 10.3. The van der Waals surface area contributed by atoms with Crippen LogP contribution in [0.3, 0.4) is 0 Å². The average Bonchev–Trinajstić information content (AvgIpc) is 2.19. The Kier molecular flexibility index (Phi) is 3.67. The van der Waals surface area contributed by atoms with Gasteiger partial charge < -0.3 is 15.7 Å². The van der Waals surface area contributed by atoms with Crippen LogP contribution in [0.15, 0.2) is 24.4 Å². The van der Waals surface area contributed by atoms with Crippen LogP contribution >= 0.6 is 0 Å². The van der Waals surface area contributed by atoms with Gasteiger partial charge in [0, 0.05) is 26.3 Å². The van der Waals surface area contributed by atoms with Crippen molar-refractivity contribution in [2.45, 2.75) is 6.10 Å². The minimum absolute atomic E-state index is 0.275. The topological polar surface area (TPSA) is 62.4 Å². The maximum atomic E-state index is 9.30.